The Balaban J connectivity index is -0.0000000569. The van der Waals surface area contributed by atoms with Crippen molar-refractivity contribution in [2.75, 3.05) is 52.4 Å². The van der Waals surface area contributed by atoms with Gasteiger partial charge in [0.2, 0.25) is 0 Å². The average molecular weight is 978 g/mol. The SMILES string of the molecule is CC[N+](CC)(CC)CC.CC[N+](CC)(CC)CC.[Ni].[Ni].[Se]CCC[Se-].[Se]CCC[Se-].[Se]CCC[Se]. The van der Waals surface area contributed by atoms with Crippen LogP contribution in [0.3, 0.4) is 0 Å². The van der Waals surface area contributed by atoms with Crippen LogP contribution in [0.4, 0.5) is 0 Å². The first-order valence-electron chi connectivity index (χ1n) is 12.9. The van der Waals surface area contributed by atoms with Crippen LogP contribution in [0.25, 0.3) is 0 Å². The first-order valence-corrected chi connectivity index (χ1v) is 20.2. The van der Waals surface area contributed by atoms with Crippen LogP contribution in [0.15, 0.2) is 0 Å². The Kier molecular flexibility index (Phi) is 75.1. The molecular formula is C25H58N2Ni2Se6. The van der Waals surface area contributed by atoms with E-state index >= 15 is 0 Å². The van der Waals surface area contributed by atoms with Gasteiger partial charge in [-0.25, -0.2) is 0 Å². The molecule has 224 valence electrons. The topological polar surface area (TPSA) is 0 Å². The third-order valence-corrected chi connectivity index (χ3v) is 9.87. The molecule has 0 aliphatic carbocycles. The molecule has 35 heavy (non-hydrogen) atoms. The second-order valence-corrected chi connectivity index (χ2v) is 12.6. The Morgan fingerprint density at radius 2 is 0.571 bits per heavy atom. The van der Waals surface area contributed by atoms with Crippen molar-refractivity contribution < 1.29 is 41.9 Å². The van der Waals surface area contributed by atoms with Crippen molar-refractivity contribution >= 4 is 96.1 Å². The van der Waals surface area contributed by atoms with Crippen molar-refractivity contribution in [3.8, 4) is 0 Å². The van der Waals surface area contributed by atoms with Crippen molar-refractivity contribution in [2.24, 2.45) is 0 Å². The first-order chi connectivity index (χ1) is 15.7. The van der Waals surface area contributed by atoms with Gasteiger partial charge in [-0.2, -0.15) is 0 Å². The molecular weight excluding hydrogens is 919 g/mol. The van der Waals surface area contributed by atoms with Crippen LogP contribution >= 0.6 is 0 Å². The maximum absolute atomic E-state index is 2.92. The van der Waals surface area contributed by atoms with Gasteiger partial charge in [0.1, 0.15) is 0 Å². The molecule has 0 spiro atoms. The van der Waals surface area contributed by atoms with Crippen LogP contribution < -0.4 is 0 Å². The summed E-state index contributed by atoms with van der Waals surface area (Å²) in [6.45, 7) is 28.4. The Labute approximate surface area is 293 Å². The third kappa shape index (κ3) is 42.6. The van der Waals surface area contributed by atoms with Crippen molar-refractivity contribution in [2.45, 2.75) is 107 Å². The van der Waals surface area contributed by atoms with Gasteiger partial charge in [-0.3, -0.25) is 0 Å². The summed E-state index contributed by atoms with van der Waals surface area (Å²) in [5.41, 5.74) is 0. The quantitative estimate of drug-likeness (QED) is 0.162. The molecule has 0 saturated carbocycles. The standard InChI is InChI=1S/2C8H20N.2C3H7Se2.C3H6Se2.2Ni/c2*1-5-9(6-2,7-3)8-4;3*4-2-1-3-5;;/h2*5-8H2,1-4H3;2*4H,1-3H2;1-3H2;;/q2*+1;;;;;/p-2. The Morgan fingerprint density at radius 3 is 0.571 bits per heavy atom. The second-order valence-electron chi connectivity index (χ2n) is 7.50. The maximum atomic E-state index is 2.92. The van der Waals surface area contributed by atoms with Gasteiger partial charge < -0.3 is 8.97 Å². The van der Waals surface area contributed by atoms with Crippen LogP contribution in [0.5, 0.6) is 0 Å². The zero-order valence-corrected chi connectivity index (χ0v) is 36.3. The van der Waals surface area contributed by atoms with E-state index in [4.69, 9.17) is 0 Å². The summed E-state index contributed by atoms with van der Waals surface area (Å²) in [5.74, 6) is 0. The van der Waals surface area contributed by atoms with Gasteiger partial charge in [0.25, 0.3) is 0 Å². The summed E-state index contributed by atoms with van der Waals surface area (Å²) in [7, 11) is 0. The molecule has 0 unspecified atom stereocenters. The van der Waals surface area contributed by atoms with E-state index in [0.717, 1.165) is 0 Å². The summed E-state index contributed by atoms with van der Waals surface area (Å²) >= 11 is 17.5. The molecule has 2 nitrogen and oxygen atoms in total. The predicted octanol–water partition coefficient (Wildman–Crippen LogP) is 5.41. The molecule has 0 aromatic heterocycles. The molecule has 0 atom stereocenters. The van der Waals surface area contributed by atoms with E-state index < -0.39 is 0 Å². The molecule has 4 radical (unpaired) electrons. The molecule has 0 rings (SSSR count). The van der Waals surface area contributed by atoms with Gasteiger partial charge in [-0.05, 0) is 55.4 Å². The fourth-order valence-electron chi connectivity index (χ4n) is 2.86. The Morgan fingerprint density at radius 1 is 0.400 bits per heavy atom. The zero-order valence-electron chi connectivity index (χ0n) is 24.0. The number of hydrogen-bond acceptors (Lipinski definition) is 0. The monoisotopic (exact) mass is 982 g/mol. The summed E-state index contributed by atoms with van der Waals surface area (Å²) in [5, 5.41) is 7.12. The van der Waals surface area contributed by atoms with Crippen molar-refractivity contribution in [3.05, 3.63) is 0 Å². The summed E-state index contributed by atoms with van der Waals surface area (Å²) in [4.78, 5) is 0. The summed E-state index contributed by atoms with van der Waals surface area (Å²) < 4.78 is 2.56. The molecule has 0 bridgehead atoms. The minimum absolute atomic E-state index is 0. The van der Waals surface area contributed by atoms with Crippen LogP contribution in [-0.2, 0) is 33.0 Å². The fourth-order valence-corrected chi connectivity index (χ4v) is 7.46. The molecule has 0 fully saturated rings. The zero-order chi connectivity index (χ0) is 27.0. The Hall–Kier alpha value is 4.02. The van der Waals surface area contributed by atoms with Crippen LogP contribution in [0.1, 0.15) is 74.7 Å². The van der Waals surface area contributed by atoms with E-state index in [1.54, 1.807) is 0 Å². The van der Waals surface area contributed by atoms with Gasteiger partial charge in [0.05, 0.1) is 52.4 Å². The number of quaternary nitrogens is 2. The first kappa shape index (κ1) is 55.0. The van der Waals surface area contributed by atoms with Crippen molar-refractivity contribution in [1.29, 1.82) is 0 Å². The molecule has 0 aliphatic heterocycles. The van der Waals surface area contributed by atoms with Gasteiger partial charge in [-0.15, -0.1) is 0 Å². The molecule has 0 heterocycles. The number of hydrogen-bond donors (Lipinski definition) is 0. The molecule has 0 aromatic rings. The predicted molar refractivity (Wildman–Crippen MR) is 162 cm³/mol. The van der Waals surface area contributed by atoms with Gasteiger partial charge in [-0.1, -0.05) is 0 Å². The van der Waals surface area contributed by atoms with Gasteiger partial charge in [0.15, 0.2) is 0 Å². The second kappa shape index (κ2) is 47.8. The molecule has 0 amide bonds. The van der Waals surface area contributed by atoms with Gasteiger partial charge in [0, 0.05) is 33.0 Å². The molecule has 0 aliphatic rings. The Bertz CT molecular complexity index is 238. The van der Waals surface area contributed by atoms with Crippen LogP contribution in [0, 0.1) is 0 Å². The van der Waals surface area contributed by atoms with E-state index in [0.29, 0.717) is 0 Å². The van der Waals surface area contributed by atoms with E-state index in [1.165, 1.54) is 113 Å². The normalized spacial score (nSPS) is 9.77. The average Bonchev–Trinajstić information content (AvgIpc) is 2.86. The van der Waals surface area contributed by atoms with Crippen molar-refractivity contribution in [3.63, 3.8) is 0 Å². The molecule has 0 aromatic carbocycles. The minimum atomic E-state index is 0. The summed E-state index contributed by atoms with van der Waals surface area (Å²) in [6, 6.07) is 0. The van der Waals surface area contributed by atoms with Gasteiger partial charge >= 0.3 is 147 Å². The van der Waals surface area contributed by atoms with E-state index in [9.17, 15) is 0 Å². The number of nitrogens with zero attached hydrogens (tertiary/aromatic N) is 2. The van der Waals surface area contributed by atoms with E-state index in [1.807, 2.05) is 0 Å². The molecule has 0 N–H and O–H groups in total. The third-order valence-electron chi connectivity index (χ3n) is 6.23. The summed E-state index contributed by atoms with van der Waals surface area (Å²) in [6.07, 6.45) is 3.83. The van der Waals surface area contributed by atoms with E-state index in [-0.39, 0.29) is 33.0 Å². The molecule has 0 saturated heterocycles. The molecule has 10 heteroatoms. The van der Waals surface area contributed by atoms with Crippen LogP contribution in [-0.4, -0.2) is 157 Å². The fraction of sp³-hybridized carbons (Fsp3) is 1.00. The van der Waals surface area contributed by atoms with Crippen molar-refractivity contribution in [1.82, 2.24) is 0 Å². The van der Waals surface area contributed by atoms with Crippen LogP contribution in [0.2, 0.25) is 31.9 Å². The van der Waals surface area contributed by atoms with E-state index in [2.05, 4.69) is 151 Å². The number of rotatable bonds is 14.